The molecule has 0 atom stereocenters. The van der Waals surface area contributed by atoms with Gasteiger partial charge in [0.2, 0.25) is 0 Å². The van der Waals surface area contributed by atoms with Gasteiger partial charge < -0.3 is 19.7 Å². The molecule has 0 bridgehead atoms. The number of hydrogen-bond acceptors (Lipinski definition) is 6. The Morgan fingerprint density at radius 2 is 1.96 bits per heavy atom. The molecule has 1 aromatic heterocycles. The zero-order valence-electron chi connectivity index (χ0n) is 15.1. The van der Waals surface area contributed by atoms with Gasteiger partial charge in [0.15, 0.2) is 11.5 Å². The third-order valence-corrected chi connectivity index (χ3v) is 3.75. The lowest BCUT2D eigenvalue weighted by Crippen LogP contribution is -2.28. The number of amides is 1. The predicted octanol–water partition coefficient (Wildman–Crippen LogP) is 3.11. The monoisotopic (exact) mass is 344 g/mol. The van der Waals surface area contributed by atoms with Crippen molar-refractivity contribution in [2.24, 2.45) is 0 Å². The standard InChI is InChI=1S/C18H24N4O3/c1-5-6-11-22(2)18(23)15-9-10-17(21-20-15)19-14-8-7-13(24-3)12-16(14)25-4/h7-10,12H,5-6,11H2,1-4H3,(H,19,21). The van der Waals surface area contributed by atoms with Crippen LogP contribution in [0.5, 0.6) is 11.5 Å². The van der Waals surface area contributed by atoms with Gasteiger partial charge in [0.25, 0.3) is 5.91 Å². The Bertz CT molecular complexity index is 704. The van der Waals surface area contributed by atoms with Crippen molar-refractivity contribution >= 4 is 17.4 Å². The Labute approximate surface area is 148 Å². The maximum atomic E-state index is 12.3. The molecule has 0 aliphatic heterocycles. The second-order valence-corrected chi connectivity index (χ2v) is 5.58. The summed E-state index contributed by atoms with van der Waals surface area (Å²) in [5.74, 6) is 1.72. The average Bonchev–Trinajstić information content (AvgIpc) is 2.66. The van der Waals surface area contributed by atoms with Crippen LogP contribution >= 0.6 is 0 Å². The van der Waals surface area contributed by atoms with Gasteiger partial charge in [-0.05, 0) is 30.7 Å². The minimum atomic E-state index is -0.130. The number of nitrogens with one attached hydrogen (secondary N) is 1. The first-order chi connectivity index (χ1) is 12.1. The molecule has 1 heterocycles. The number of unbranched alkanes of at least 4 members (excludes halogenated alkanes) is 1. The molecule has 25 heavy (non-hydrogen) atoms. The normalized spacial score (nSPS) is 10.2. The molecule has 0 aliphatic rings. The van der Waals surface area contributed by atoms with Crippen LogP contribution in [0.15, 0.2) is 30.3 Å². The summed E-state index contributed by atoms with van der Waals surface area (Å²) in [4.78, 5) is 13.9. The molecule has 2 aromatic rings. The fourth-order valence-electron chi connectivity index (χ4n) is 2.25. The Kier molecular flexibility index (Phi) is 6.56. The van der Waals surface area contributed by atoms with E-state index in [4.69, 9.17) is 9.47 Å². The smallest absolute Gasteiger partial charge is 0.274 e. The van der Waals surface area contributed by atoms with Gasteiger partial charge in [-0.25, -0.2) is 0 Å². The molecule has 7 heteroatoms. The summed E-state index contributed by atoms with van der Waals surface area (Å²) in [6, 6.07) is 8.81. The van der Waals surface area contributed by atoms with Crippen molar-refractivity contribution in [3.63, 3.8) is 0 Å². The number of rotatable bonds is 8. The minimum absolute atomic E-state index is 0.130. The van der Waals surface area contributed by atoms with Crippen LogP contribution in [0.4, 0.5) is 11.5 Å². The van der Waals surface area contributed by atoms with Crippen LogP contribution in [0, 0.1) is 0 Å². The number of carbonyl (C=O) groups is 1. The van der Waals surface area contributed by atoms with Crippen LogP contribution in [0.1, 0.15) is 30.3 Å². The SMILES string of the molecule is CCCCN(C)C(=O)c1ccc(Nc2ccc(OC)cc2OC)nn1. The summed E-state index contributed by atoms with van der Waals surface area (Å²) in [6.45, 7) is 2.80. The maximum absolute atomic E-state index is 12.3. The van der Waals surface area contributed by atoms with E-state index in [2.05, 4.69) is 22.4 Å². The van der Waals surface area contributed by atoms with Crippen LogP contribution in [-0.4, -0.2) is 48.8 Å². The third-order valence-electron chi connectivity index (χ3n) is 3.75. The van der Waals surface area contributed by atoms with E-state index in [0.717, 1.165) is 18.5 Å². The summed E-state index contributed by atoms with van der Waals surface area (Å²) in [6.07, 6.45) is 2.00. The molecular formula is C18H24N4O3. The van der Waals surface area contributed by atoms with Crippen LogP contribution < -0.4 is 14.8 Å². The van der Waals surface area contributed by atoms with Crippen LogP contribution in [0.2, 0.25) is 0 Å². The number of benzene rings is 1. The quantitative estimate of drug-likeness (QED) is 0.793. The molecule has 2 rings (SSSR count). The van der Waals surface area contributed by atoms with Crippen molar-refractivity contribution in [3.05, 3.63) is 36.0 Å². The first-order valence-corrected chi connectivity index (χ1v) is 8.17. The largest absolute Gasteiger partial charge is 0.497 e. The minimum Gasteiger partial charge on any atom is -0.497 e. The Morgan fingerprint density at radius 1 is 1.16 bits per heavy atom. The molecule has 1 N–H and O–H groups in total. The number of anilines is 2. The summed E-state index contributed by atoms with van der Waals surface area (Å²) in [5.41, 5.74) is 1.06. The van der Waals surface area contributed by atoms with E-state index in [1.807, 2.05) is 12.1 Å². The van der Waals surface area contributed by atoms with E-state index in [1.54, 1.807) is 44.4 Å². The molecule has 1 amide bonds. The van der Waals surface area contributed by atoms with Crippen LogP contribution in [0.25, 0.3) is 0 Å². The number of hydrogen-bond donors (Lipinski definition) is 1. The molecule has 0 saturated heterocycles. The van der Waals surface area contributed by atoms with Gasteiger partial charge in [-0.2, -0.15) is 0 Å². The Morgan fingerprint density at radius 3 is 2.56 bits per heavy atom. The lowest BCUT2D eigenvalue weighted by atomic mass is 10.2. The number of nitrogens with zero attached hydrogens (tertiary/aromatic N) is 3. The van der Waals surface area contributed by atoms with E-state index < -0.39 is 0 Å². The molecule has 7 nitrogen and oxygen atoms in total. The van der Waals surface area contributed by atoms with Gasteiger partial charge in [0.05, 0.1) is 19.9 Å². The predicted molar refractivity (Wildman–Crippen MR) is 96.7 cm³/mol. The van der Waals surface area contributed by atoms with Crippen molar-refractivity contribution in [3.8, 4) is 11.5 Å². The highest BCUT2D eigenvalue weighted by molar-refractivity contribution is 5.92. The van der Waals surface area contributed by atoms with E-state index >= 15 is 0 Å². The van der Waals surface area contributed by atoms with Crippen molar-refractivity contribution in [1.29, 1.82) is 0 Å². The van der Waals surface area contributed by atoms with E-state index in [1.165, 1.54) is 0 Å². The van der Waals surface area contributed by atoms with Crippen LogP contribution in [-0.2, 0) is 0 Å². The second-order valence-electron chi connectivity index (χ2n) is 5.58. The van der Waals surface area contributed by atoms with Crippen molar-refractivity contribution in [2.45, 2.75) is 19.8 Å². The highest BCUT2D eigenvalue weighted by Crippen LogP contribution is 2.30. The van der Waals surface area contributed by atoms with Gasteiger partial charge in [-0.15, -0.1) is 10.2 Å². The first-order valence-electron chi connectivity index (χ1n) is 8.17. The molecule has 0 radical (unpaired) electrons. The number of methoxy groups -OCH3 is 2. The molecule has 0 saturated carbocycles. The summed E-state index contributed by atoms with van der Waals surface area (Å²) < 4.78 is 10.5. The lowest BCUT2D eigenvalue weighted by molar-refractivity contribution is 0.0786. The first kappa shape index (κ1) is 18.5. The average molecular weight is 344 g/mol. The van der Waals surface area contributed by atoms with Crippen molar-refractivity contribution in [1.82, 2.24) is 15.1 Å². The highest BCUT2D eigenvalue weighted by Gasteiger charge is 2.13. The van der Waals surface area contributed by atoms with Gasteiger partial charge in [0.1, 0.15) is 11.5 Å². The maximum Gasteiger partial charge on any atom is 0.274 e. The van der Waals surface area contributed by atoms with Gasteiger partial charge in [0, 0.05) is 19.7 Å². The molecule has 1 aromatic carbocycles. The summed E-state index contributed by atoms with van der Waals surface area (Å²) in [5, 5.41) is 11.2. The van der Waals surface area contributed by atoms with Crippen molar-refractivity contribution < 1.29 is 14.3 Å². The highest BCUT2D eigenvalue weighted by atomic mass is 16.5. The van der Waals surface area contributed by atoms with Gasteiger partial charge in [-0.3, -0.25) is 4.79 Å². The summed E-state index contributed by atoms with van der Waals surface area (Å²) >= 11 is 0. The molecule has 0 unspecified atom stereocenters. The number of carbonyl (C=O) groups excluding carboxylic acids is 1. The molecule has 0 aliphatic carbocycles. The molecular weight excluding hydrogens is 320 g/mol. The number of ether oxygens (including phenoxy) is 2. The van der Waals surface area contributed by atoms with E-state index in [0.29, 0.717) is 29.6 Å². The zero-order valence-corrected chi connectivity index (χ0v) is 15.1. The summed E-state index contributed by atoms with van der Waals surface area (Å²) in [7, 11) is 4.95. The topological polar surface area (TPSA) is 76.6 Å². The second kappa shape index (κ2) is 8.86. The van der Waals surface area contributed by atoms with E-state index in [9.17, 15) is 4.79 Å². The fraction of sp³-hybridized carbons (Fsp3) is 0.389. The lowest BCUT2D eigenvalue weighted by Gasteiger charge is -2.16. The van der Waals surface area contributed by atoms with E-state index in [-0.39, 0.29) is 5.91 Å². The molecule has 134 valence electrons. The van der Waals surface area contributed by atoms with Crippen LogP contribution in [0.3, 0.4) is 0 Å². The Hall–Kier alpha value is -2.83. The fourth-order valence-corrected chi connectivity index (χ4v) is 2.25. The Balaban J connectivity index is 2.09. The molecule has 0 fully saturated rings. The number of aromatic nitrogens is 2. The zero-order chi connectivity index (χ0) is 18.2. The molecule has 0 spiro atoms. The third kappa shape index (κ3) is 4.82. The van der Waals surface area contributed by atoms with Crippen molar-refractivity contribution in [2.75, 3.05) is 33.1 Å². The van der Waals surface area contributed by atoms with Gasteiger partial charge >= 0.3 is 0 Å². The van der Waals surface area contributed by atoms with Gasteiger partial charge in [-0.1, -0.05) is 13.3 Å².